The average Bonchev–Trinajstić information content (AvgIpc) is 2.48. The van der Waals surface area contributed by atoms with E-state index in [0.717, 1.165) is 6.54 Å². The number of nitrogens with one attached hydrogen (secondary N) is 1. The Morgan fingerprint density at radius 2 is 1.75 bits per heavy atom. The molecular formula is C18H34N2. The van der Waals surface area contributed by atoms with Gasteiger partial charge in [0.1, 0.15) is 0 Å². The summed E-state index contributed by atoms with van der Waals surface area (Å²) in [5, 5.41) is 3.95. The van der Waals surface area contributed by atoms with Crippen LogP contribution in [0.5, 0.6) is 0 Å². The van der Waals surface area contributed by atoms with Crippen LogP contribution in [0.4, 0.5) is 0 Å². The molecule has 1 heterocycles. The predicted octanol–water partition coefficient (Wildman–Crippen LogP) is 4.12. The van der Waals surface area contributed by atoms with Crippen molar-refractivity contribution in [1.82, 2.24) is 10.2 Å². The van der Waals surface area contributed by atoms with Gasteiger partial charge >= 0.3 is 0 Å². The van der Waals surface area contributed by atoms with Crippen LogP contribution in [0.25, 0.3) is 0 Å². The second-order valence-corrected chi connectivity index (χ2v) is 7.29. The quantitative estimate of drug-likeness (QED) is 0.778. The van der Waals surface area contributed by atoms with Crippen LogP contribution >= 0.6 is 0 Å². The molecule has 0 radical (unpaired) electrons. The molecule has 0 aromatic heterocycles. The summed E-state index contributed by atoms with van der Waals surface area (Å²) in [6.07, 6.45) is 12.0. The topological polar surface area (TPSA) is 15.3 Å². The summed E-state index contributed by atoms with van der Waals surface area (Å²) < 4.78 is 0. The van der Waals surface area contributed by atoms with Gasteiger partial charge in [-0.25, -0.2) is 0 Å². The van der Waals surface area contributed by atoms with E-state index in [2.05, 4.69) is 44.0 Å². The van der Waals surface area contributed by atoms with E-state index >= 15 is 0 Å². The van der Waals surface area contributed by atoms with Gasteiger partial charge in [0.25, 0.3) is 0 Å². The number of allylic oxidation sites excluding steroid dienone is 1. The molecule has 0 amide bonds. The van der Waals surface area contributed by atoms with E-state index in [0.29, 0.717) is 11.1 Å². The Morgan fingerprint density at radius 3 is 2.30 bits per heavy atom. The fourth-order valence-electron chi connectivity index (χ4n) is 4.03. The predicted molar refractivity (Wildman–Crippen MR) is 88.1 cm³/mol. The van der Waals surface area contributed by atoms with E-state index in [1.165, 1.54) is 63.6 Å². The van der Waals surface area contributed by atoms with Crippen molar-refractivity contribution < 1.29 is 0 Å². The minimum absolute atomic E-state index is 0.345. The first-order valence-corrected chi connectivity index (χ1v) is 8.69. The van der Waals surface area contributed by atoms with Gasteiger partial charge < -0.3 is 5.32 Å². The molecule has 0 unspecified atom stereocenters. The van der Waals surface area contributed by atoms with E-state index in [1.54, 1.807) is 0 Å². The van der Waals surface area contributed by atoms with Crippen molar-refractivity contribution in [3.63, 3.8) is 0 Å². The van der Waals surface area contributed by atoms with E-state index in [-0.39, 0.29) is 0 Å². The van der Waals surface area contributed by atoms with Crippen LogP contribution in [-0.2, 0) is 0 Å². The Labute approximate surface area is 126 Å². The van der Waals surface area contributed by atoms with Gasteiger partial charge in [-0.2, -0.15) is 0 Å². The smallest absolute Gasteiger partial charge is 0.0338 e. The van der Waals surface area contributed by atoms with Crippen molar-refractivity contribution in [3.05, 3.63) is 11.6 Å². The molecule has 1 aliphatic heterocycles. The Hall–Kier alpha value is -0.340. The zero-order valence-corrected chi connectivity index (χ0v) is 14.1. The van der Waals surface area contributed by atoms with E-state index < -0.39 is 0 Å². The third kappa shape index (κ3) is 3.28. The maximum Gasteiger partial charge on any atom is 0.0338 e. The van der Waals surface area contributed by atoms with Crippen molar-refractivity contribution in [1.29, 1.82) is 0 Å². The highest BCUT2D eigenvalue weighted by Crippen LogP contribution is 2.38. The van der Waals surface area contributed by atoms with Crippen LogP contribution < -0.4 is 5.32 Å². The summed E-state index contributed by atoms with van der Waals surface area (Å²) in [6.45, 7) is 12.7. The first-order chi connectivity index (χ1) is 9.56. The van der Waals surface area contributed by atoms with Crippen LogP contribution in [0.1, 0.15) is 72.6 Å². The van der Waals surface area contributed by atoms with E-state index in [9.17, 15) is 0 Å². The Balaban J connectivity index is 2.17. The maximum atomic E-state index is 3.95. The summed E-state index contributed by atoms with van der Waals surface area (Å²) in [6, 6.07) is 0. The maximum absolute atomic E-state index is 3.95. The molecular weight excluding hydrogens is 244 g/mol. The highest BCUT2D eigenvalue weighted by Gasteiger charge is 2.45. The fraction of sp³-hybridized carbons (Fsp3) is 0.889. The van der Waals surface area contributed by atoms with Gasteiger partial charge in [0, 0.05) is 30.7 Å². The van der Waals surface area contributed by atoms with Crippen molar-refractivity contribution in [2.45, 2.75) is 83.7 Å². The van der Waals surface area contributed by atoms with Gasteiger partial charge in [0.15, 0.2) is 0 Å². The van der Waals surface area contributed by atoms with Gasteiger partial charge in [0.05, 0.1) is 0 Å². The molecule has 2 heteroatoms. The standard InChI is InChI=1S/C18H34N2/c1-5-17(6-2)15-20(13-10-16(3)4)18(14-19-17)11-8-7-9-12-18/h10,19H,5-9,11-15H2,1-4H3. The van der Waals surface area contributed by atoms with Crippen LogP contribution in [0.15, 0.2) is 11.6 Å². The lowest BCUT2D eigenvalue weighted by atomic mass is 9.75. The Kier molecular flexibility index (Phi) is 5.30. The summed E-state index contributed by atoms with van der Waals surface area (Å²) >= 11 is 0. The fourth-order valence-corrected chi connectivity index (χ4v) is 4.03. The van der Waals surface area contributed by atoms with Crippen LogP contribution in [0.2, 0.25) is 0 Å². The van der Waals surface area contributed by atoms with Gasteiger partial charge in [0.2, 0.25) is 0 Å². The average molecular weight is 278 g/mol. The molecule has 2 aliphatic rings. The van der Waals surface area contributed by atoms with Gasteiger partial charge in [-0.3, -0.25) is 4.90 Å². The highest BCUT2D eigenvalue weighted by molar-refractivity contribution is 5.08. The molecule has 1 N–H and O–H groups in total. The first-order valence-electron chi connectivity index (χ1n) is 8.69. The lowest BCUT2D eigenvalue weighted by Crippen LogP contribution is -2.70. The van der Waals surface area contributed by atoms with E-state index in [1.807, 2.05) is 0 Å². The second kappa shape index (κ2) is 6.62. The molecule has 1 saturated heterocycles. The minimum Gasteiger partial charge on any atom is -0.308 e. The second-order valence-electron chi connectivity index (χ2n) is 7.29. The zero-order valence-electron chi connectivity index (χ0n) is 14.1. The van der Waals surface area contributed by atoms with Crippen molar-refractivity contribution in [2.75, 3.05) is 19.6 Å². The largest absolute Gasteiger partial charge is 0.308 e. The molecule has 0 aromatic rings. The van der Waals surface area contributed by atoms with Crippen LogP contribution in [0.3, 0.4) is 0 Å². The summed E-state index contributed by atoms with van der Waals surface area (Å²) in [5.74, 6) is 0. The molecule has 2 fully saturated rings. The summed E-state index contributed by atoms with van der Waals surface area (Å²) in [7, 11) is 0. The molecule has 2 nitrogen and oxygen atoms in total. The number of hydrogen-bond donors (Lipinski definition) is 1. The van der Waals surface area contributed by atoms with Gasteiger partial charge in [-0.1, -0.05) is 44.8 Å². The molecule has 0 aromatic carbocycles. The van der Waals surface area contributed by atoms with Gasteiger partial charge in [-0.15, -0.1) is 0 Å². The summed E-state index contributed by atoms with van der Waals surface area (Å²) in [4.78, 5) is 2.82. The van der Waals surface area contributed by atoms with Crippen molar-refractivity contribution in [2.24, 2.45) is 0 Å². The minimum atomic E-state index is 0.345. The lowest BCUT2D eigenvalue weighted by Gasteiger charge is -2.56. The number of rotatable bonds is 4. The van der Waals surface area contributed by atoms with E-state index in [4.69, 9.17) is 0 Å². The van der Waals surface area contributed by atoms with Crippen LogP contribution in [0, 0.1) is 0 Å². The van der Waals surface area contributed by atoms with Crippen LogP contribution in [-0.4, -0.2) is 35.6 Å². The third-order valence-corrected chi connectivity index (χ3v) is 5.81. The molecule has 1 spiro atoms. The lowest BCUT2D eigenvalue weighted by molar-refractivity contribution is -0.0137. The molecule has 0 bridgehead atoms. The Morgan fingerprint density at radius 1 is 1.10 bits per heavy atom. The van der Waals surface area contributed by atoms with Gasteiger partial charge in [-0.05, 0) is 39.5 Å². The Bertz CT molecular complexity index is 331. The highest BCUT2D eigenvalue weighted by atomic mass is 15.3. The SMILES string of the molecule is CCC1(CC)CN(CC=C(C)C)C2(CCCCC2)CN1. The number of piperazine rings is 1. The summed E-state index contributed by atoms with van der Waals surface area (Å²) in [5.41, 5.74) is 2.24. The van der Waals surface area contributed by atoms with Crippen molar-refractivity contribution >= 4 is 0 Å². The number of hydrogen-bond acceptors (Lipinski definition) is 2. The molecule has 2 rings (SSSR count). The molecule has 1 saturated carbocycles. The monoisotopic (exact) mass is 278 g/mol. The zero-order chi connectivity index (χ0) is 14.6. The molecule has 20 heavy (non-hydrogen) atoms. The van der Waals surface area contributed by atoms with Crippen molar-refractivity contribution in [3.8, 4) is 0 Å². The molecule has 116 valence electrons. The first kappa shape index (κ1) is 16.0. The molecule has 0 atom stereocenters. The molecule has 1 aliphatic carbocycles. The normalized spacial score (nSPS) is 25.6. The number of nitrogens with zero attached hydrogens (tertiary/aromatic N) is 1. The third-order valence-electron chi connectivity index (χ3n) is 5.81.